The molecule has 0 aliphatic carbocycles. The highest BCUT2D eigenvalue weighted by atomic mass is 16.4. The van der Waals surface area contributed by atoms with Crippen LogP contribution in [-0.4, -0.2) is 82.3 Å². The highest BCUT2D eigenvalue weighted by molar-refractivity contribution is 5.95. The molecule has 32 heavy (non-hydrogen) atoms. The number of carboxylic acid groups (broad SMARTS) is 1. The third kappa shape index (κ3) is 8.67. The number of aliphatic carboxylic acids is 1. The number of amides is 4. The maximum absolute atomic E-state index is 12.6. The maximum Gasteiger partial charge on any atom is 0.328 e. The largest absolute Gasteiger partial charge is 0.480 e. The van der Waals surface area contributed by atoms with Crippen molar-refractivity contribution in [3.63, 3.8) is 0 Å². The smallest absolute Gasteiger partial charge is 0.328 e. The highest BCUT2D eigenvalue weighted by Crippen LogP contribution is 2.05. The first-order valence-electron chi connectivity index (χ1n) is 9.52. The lowest BCUT2D eigenvalue weighted by atomic mass is 10.0. The fourth-order valence-corrected chi connectivity index (χ4v) is 2.57. The number of carbonyl (C=O) groups is 5. The van der Waals surface area contributed by atoms with E-state index in [2.05, 4.69) is 16.0 Å². The molecule has 4 unspecified atom stereocenters. The standard InChI is InChI=1S/C19H27N5O8/c20-11(7-15(21)27)16(28)23-13(8-25)18(30)22-12(6-10-4-2-1-3-5-10)17(29)24-14(9-26)19(31)32/h1-5,11-14,25-26H,6-9,20H2,(H2,21,27)(H,22,30)(H,23,28)(H,24,29)(H,31,32). The lowest BCUT2D eigenvalue weighted by molar-refractivity contribution is -0.143. The SMILES string of the molecule is NC(=O)CC(N)C(=O)NC(CO)C(=O)NC(Cc1ccccc1)C(=O)NC(CO)C(=O)O. The van der Waals surface area contributed by atoms with Crippen molar-refractivity contribution in [2.75, 3.05) is 13.2 Å². The molecule has 1 rings (SSSR count). The van der Waals surface area contributed by atoms with Crippen molar-refractivity contribution < 1.29 is 39.3 Å². The van der Waals surface area contributed by atoms with E-state index < -0.39 is 73.4 Å². The average molecular weight is 453 g/mol. The van der Waals surface area contributed by atoms with Gasteiger partial charge in [0, 0.05) is 6.42 Å². The van der Waals surface area contributed by atoms with Gasteiger partial charge >= 0.3 is 5.97 Å². The van der Waals surface area contributed by atoms with Crippen LogP contribution in [0, 0.1) is 0 Å². The van der Waals surface area contributed by atoms with E-state index >= 15 is 0 Å². The van der Waals surface area contributed by atoms with Crippen LogP contribution in [0.15, 0.2) is 30.3 Å². The Labute approximate surface area is 183 Å². The third-order valence-electron chi connectivity index (χ3n) is 4.29. The zero-order chi connectivity index (χ0) is 24.3. The van der Waals surface area contributed by atoms with Crippen LogP contribution in [0.3, 0.4) is 0 Å². The van der Waals surface area contributed by atoms with Crippen LogP contribution in [0.5, 0.6) is 0 Å². The molecule has 0 aromatic heterocycles. The number of hydrogen-bond donors (Lipinski definition) is 8. The molecular weight excluding hydrogens is 426 g/mol. The minimum atomic E-state index is -1.60. The zero-order valence-electron chi connectivity index (χ0n) is 17.1. The van der Waals surface area contributed by atoms with Gasteiger partial charge in [0.2, 0.25) is 23.6 Å². The lowest BCUT2D eigenvalue weighted by Gasteiger charge is -2.24. The molecular formula is C19H27N5O8. The summed E-state index contributed by atoms with van der Waals surface area (Å²) in [5, 5.41) is 34.2. The summed E-state index contributed by atoms with van der Waals surface area (Å²) in [6.45, 7) is -1.73. The van der Waals surface area contributed by atoms with Gasteiger partial charge in [-0.15, -0.1) is 0 Å². The van der Waals surface area contributed by atoms with Gasteiger partial charge in [-0.2, -0.15) is 0 Å². The first kappa shape index (κ1) is 26.5. The molecule has 0 spiro atoms. The van der Waals surface area contributed by atoms with Crippen LogP contribution < -0.4 is 27.4 Å². The van der Waals surface area contributed by atoms with E-state index in [0.29, 0.717) is 5.56 Å². The summed E-state index contributed by atoms with van der Waals surface area (Å²) >= 11 is 0. The topological polar surface area (TPSA) is 234 Å². The molecule has 1 aromatic carbocycles. The van der Waals surface area contributed by atoms with Crippen molar-refractivity contribution in [3.05, 3.63) is 35.9 Å². The van der Waals surface area contributed by atoms with Crippen molar-refractivity contribution in [3.8, 4) is 0 Å². The van der Waals surface area contributed by atoms with Gasteiger partial charge in [-0.3, -0.25) is 19.2 Å². The average Bonchev–Trinajstić information content (AvgIpc) is 2.74. The zero-order valence-corrected chi connectivity index (χ0v) is 17.1. The Hall–Kier alpha value is -3.55. The number of primary amides is 1. The van der Waals surface area contributed by atoms with E-state index in [0.717, 1.165) is 0 Å². The summed E-state index contributed by atoms with van der Waals surface area (Å²) in [5.74, 6) is -5.10. The minimum absolute atomic E-state index is 0.0521. The van der Waals surface area contributed by atoms with Crippen LogP contribution >= 0.6 is 0 Å². The molecule has 0 bridgehead atoms. The van der Waals surface area contributed by atoms with E-state index in [4.69, 9.17) is 21.7 Å². The fraction of sp³-hybridized carbons (Fsp3) is 0.421. The number of nitrogens with two attached hydrogens (primary N) is 2. The van der Waals surface area contributed by atoms with Gasteiger partial charge in [-0.05, 0) is 5.56 Å². The summed E-state index contributed by atoms with van der Waals surface area (Å²) < 4.78 is 0. The van der Waals surface area contributed by atoms with Crippen LogP contribution in [0.25, 0.3) is 0 Å². The molecule has 0 heterocycles. The van der Waals surface area contributed by atoms with E-state index in [1.807, 2.05) is 0 Å². The van der Waals surface area contributed by atoms with Gasteiger partial charge in [-0.25, -0.2) is 4.79 Å². The molecule has 0 saturated carbocycles. The lowest BCUT2D eigenvalue weighted by Crippen LogP contribution is -2.59. The number of benzene rings is 1. The molecule has 4 atom stereocenters. The number of carboxylic acids is 1. The Morgan fingerprint density at radius 2 is 1.31 bits per heavy atom. The number of carbonyl (C=O) groups excluding carboxylic acids is 4. The molecule has 0 fully saturated rings. The second-order valence-electron chi connectivity index (χ2n) is 6.85. The Balaban J connectivity index is 2.96. The predicted octanol–water partition coefficient (Wildman–Crippen LogP) is -4.04. The minimum Gasteiger partial charge on any atom is -0.480 e. The summed E-state index contributed by atoms with van der Waals surface area (Å²) in [6.07, 6.45) is -0.536. The maximum atomic E-state index is 12.6. The molecule has 0 aliphatic heterocycles. The van der Waals surface area contributed by atoms with E-state index in [1.165, 1.54) is 0 Å². The Morgan fingerprint density at radius 1 is 0.812 bits per heavy atom. The van der Waals surface area contributed by atoms with Crippen molar-refractivity contribution in [2.24, 2.45) is 11.5 Å². The molecule has 10 N–H and O–H groups in total. The van der Waals surface area contributed by atoms with Crippen LogP contribution in [-0.2, 0) is 30.4 Å². The molecule has 0 radical (unpaired) electrons. The van der Waals surface area contributed by atoms with E-state index in [9.17, 15) is 29.1 Å². The van der Waals surface area contributed by atoms with Crippen molar-refractivity contribution in [1.29, 1.82) is 0 Å². The normalized spacial score (nSPS) is 14.3. The van der Waals surface area contributed by atoms with Gasteiger partial charge in [0.15, 0.2) is 0 Å². The number of nitrogens with one attached hydrogen (secondary N) is 3. The first-order chi connectivity index (χ1) is 15.1. The number of aliphatic hydroxyl groups is 2. The van der Waals surface area contributed by atoms with Gasteiger partial charge in [0.1, 0.15) is 18.1 Å². The molecule has 0 saturated heterocycles. The fourth-order valence-electron chi connectivity index (χ4n) is 2.57. The second kappa shape index (κ2) is 13.0. The van der Waals surface area contributed by atoms with E-state index in [-0.39, 0.29) is 6.42 Å². The van der Waals surface area contributed by atoms with Crippen molar-refractivity contribution >= 4 is 29.6 Å². The molecule has 176 valence electrons. The van der Waals surface area contributed by atoms with Crippen LogP contribution in [0.1, 0.15) is 12.0 Å². The number of hydrogen-bond acceptors (Lipinski definition) is 8. The highest BCUT2D eigenvalue weighted by Gasteiger charge is 2.30. The second-order valence-corrected chi connectivity index (χ2v) is 6.85. The van der Waals surface area contributed by atoms with Gasteiger partial charge in [0.05, 0.1) is 25.7 Å². The van der Waals surface area contributed by atoms with Gasteiger partial charge in [-0.1, -0.05) is 30.3 Å². The Bertz CT molecular complexity index is 819. The summed E-state index contributed by atoms with van der Waals surface area (Å²) in [6, 6.07) is 2.69. The monoisotopic (exact) mass is 453 g/mol. The molecule has 1 aromatic rings. The van der Waals surface area contributed by atoms with Crippen molar-refractivity contribution in [2.45, 2.75) is 37.0 Å². The third-order valence-corrected chi connectivity index (χ3v) is 4.29. The number of aliphatic hydroxyl groups excluding tert-OH is 2. The summed E-state index contributed by atoms with van der Waals surface area (Å²) in [4.78, 5) is 59.2. The van der Waals surface area contributed by atoms with Gasteiger partial charge < -0.3 is 42.7 Å². The molecule has 0 aliphatic rings. The summed E-state index contributed by atoms with van der Waals surface area (Å²) in [5.41, 5.74) is 11.1. The predicted molar refractivity (Wildman–Crippen MR) is 110 cm³/mol. The van der Waals surface area contributed by atoms with Crippen molar-refractivity contribution in [1.82, 2.24) is 16.0 Å². The molecule has 13 nitrogen and oxygen atoms in total. The first-order valence-corrected chi connectivity index (χ1v) is 9.52. The summed E-state index contributed by atoms with van der Waals surface area (Å²) in [7, 11) is 0. The quantitative estimate of drug-likeness (QED) is 0.145. The molecule has 13 heteroatoms. The Morgan fingerprint density at radius 3 is 1.81 bits per heavy atom. The molecule has 4 amide bonds. The number of rotatable bonds is 13. The van der Waals surface area contributed by atoms with Gasteiger partial charge in [0.25, 0.3) is 0 Å². The van der Waals surface area contributed by atoms with Crippen LogP contribution in [0.4, 0.5) is 0 Å². The Kier molecular flexibility index (Phi) is 10.8. The van der Waals surface area contributed by atoms with Crippen LogP contribution in [0.2, 0.25) is 0 Å². The van der Waals surface area contributed by atoms with E-state index in [1.54, 1.807) is 30.3 Å².